The first kappa shape index (κ1) is 15.6. The number of cyclic esters (lactones) is 1. The normalized spacial score (nSPS) is 14.9. The van der Waals surface area contributed by atoms with Gasteiger partial charge in [-0.1, -0.05) is 23.7 Å². The van der Waals surface area contributed by atoms with Gasteiger partial charge in [-0.25, -0.2) is 9.78 Å². The quantitative estimate of drug-likeness (QED) is 0.902. The molecule has 1 N–H and O–H groups in total. The summed E-state index contributed by atoms with van der Waals surface area (Å²) in [5.41, 5.74) is 0.652. The summed E-state index contributed by atoms with van der Waals surface area (Å²) < 4.78 is 33.6. The number of aryl methyl sites for hydroxylation is 1. The van der Waals surface area contributed by atoms with Crippen LogP contribution in [0.15, 0.2) is 35.6 Å². The molecular weight excluding hydrogens is 344 g/mol. The highest BCUT2D eigenvalue weighted by Crippen LogP contribution is 2.30. The zero-order chi connectivity index (χ0) is 16.6. The summed E-state index contributed by atoms with van der Waals surface area (Å²) in [6.45, 7) is 0.605. The first-order valence-corrected chi connectivity index (χ1v) is 8.49. The van der Waals surface area contributed by atoms with E-state index >= 15 is 0 Å². The number of para-hydroxylation sites is 2. The van der Waals surface area contributed by atoms with Crippen molar-refractivity contribution in [3.63, 3.8) is 0 Å². The topological polar surface area (TPSA) is 93.5 Å². The zero-order valence-corrected chi connectivity index (χ0v) is 13.6. The van der Waals surface area contributed by atoms with Crippen molar-refractivity contribution in [1.29, 1.82) is 0 Å². The van der Waals surface area contributed by atoms with E-state index in [9.17, 15) is 13.2 Å². The number of carbonyl (C=O) groups excluding carboxylic acids is 1. The molecule has 10 heteroatoms. The first-order chi connectivity index (χ1) is 10.9. The van der Waals surface area contributed by atoms with Crippen LogP contribution in [0.4, 0.5) is 16.2 Å². The van der Waals surface area contributed by atoms with Crippen LogP contribution in [-0.2, 0) is 21.8 Å². The largest absolute Gasteiger partial charge is 0.447 e. The van der Waals surface area contributed by atoms with Gasteiger partial charge in [-0.15, -0.1) is 0 Å². The highest BCUT2D eigenvalue weighted by molar-refractivity contribution is 7.92. The van der Waals surface area contributed by atoms with E-state index in [0.29, 0.717) is 12.2 Å². The zero-order valence-electron chi connectivity index (χ0n) is 12.1. The van der Waals surface area contributed by atoms with E-state index in [-0.39, 0.29) is 22.5 Å². The number of rotatable bonds is 4. The Morgan fingerprint density at radius 3 is 2.70 bits per heavy atom. The van der Waals surface area contributed by atoms with Crippen molar-refractivity contribution in [2.45, 2.75) is 5.03 Å². The van der Waals surface area contributed by atoms with Crippen LogP contribution in [0.25, 0.3) is 0 Å². The van der Waals surface area contributed by atoms with Crippen LogP contribution in [0.1, 0.15) is 0 Å². The molecule has 0 atom stereocenters. The van der Waals surface area contributed by atoms with Gasteiger partial charge in [-0.05, 0) is 12.1 Å². The smallest absolute Gasteiger partial charge is 0.414 e. The molecule has 1 saturated heterocycles. The van der Waals surface area contributed by atoms with E-state index in [1.807, 2.05) is 0 Å². The molecule has 2 heterocycles. The molecule has 2 aromatic rings. The van der Waals surface area contributed by atoms with Crippen molar-refractivity contribution in [1.82, 2.24) is 9.55 Å². The van der Waals surface area contributed by atoms with Crippen LogP contribution in [-0.4, -0.2) is 37.2 Å². The second kappa shape index (κ2) is 5.74. The molecule has 23 heavy (non-hydrogen) atoms. The molecule has 8 nitrogen and oxygen atoms in total. The molecule has 1 aliphatic rings. The third-order valence-corrected chi connectivity index (χ3v) is 5.14. The summed E-state index contributed by atoms with van der Waals surface area (Å²) in [4.78, 5) is 16.9. The standard InChI is InChI=1S/C13H13ClN4O4S/c1-17-8-15-12(11(17)14)23(20,21)16-9-4-2-3-5-10(9)18-6-7-22-13(18)19/h2-5,8,16H,6-7H2,1H3. The molecule has 1 aromatic heterocycles. The Balaban J connectivity index is 1.97. The lowest BCUT2D eigenvalue weighted by Gasteiger charge is -2.17. The fourth-order valence-corrected chi connectivity index (χ4v) is 3.68. The molecule has 0 bridgehead atoms. The lowest BCUT2D eigenvalue weighted by molar-refractivity contribution is 0.181. The van der Waals surface area contributed by atoms with E-state index in [1.54, 1.807) is 31.3 Å². The maximum Gasteiger partial charge on any atom is 0.414 e. The lowest BCUT2D eigenvalue weighted by Crippen LogP contribution is -2.25. The Morgan fingerprint density at radius 2 is 2.09 bits per heavy atom. The van der Waals surface area contributed by atoms with Crippen molar-refractivity contribution in [2.24, 2.45) is 7.05 Å². The van der Waals surface area contributed by atoms with Crippen LogP contribution in [0, 0.1) is 0 Å². The number of halogens is 1. The number of sulfonamides is 1. The molecule has 0 spiro atoms. The summed E-state index contributed by atoms with van der Waals surface area (Å²) in [6.07, 6.45) is 0.785. The third-order valence-electron chi connectivity index (χ3n) is 3.29. The van der Waals surface area contributed by atoms with Crippen LogP contribution in [0.2, 0.25) is 5.15 Å². The predicted molar refractivity (Wildman–Crippen MR) is 84.2 cm³/mol. The molecular formula is C13H13ClN4O4S. The van der Waals surface area contributed by atoms with Crippen LogP contribution in [0.3, 0.4) is 0 Å². The fraction of sp³-hybridized carbons (Fsp3) is 0.231. The number of amides is 1. The second-order valence-electron chi connectivity index (χ2n) is 4.84. The second-order valence-corrected chi connectivity index (χ2v) is 6.80. The Kier molecular flexibility index (Phi) is 3.90. The Labute approximate surface area is 137 Å². The summed E-state index contributed by atoms with van der Waals surface area (Å²) in [6, 6.07) is 6.54. The minimum atomic E-state index is -3.99. The van der Waals surface area contributed by atoms with Crippen molar-refractivity contribution >= 4 is 39.1 Å². The minimum absolute atomic E-state index is 0.00411. The summed E-state index contributed by atoms with van der Waals surface area (Å²) in [7, 11) is -2.40. The first-order valence-electron chi connectivity index (χ1n) is 6.63. The molecule has 1 amide bonds. The number of nitrogens with zero attached hydrogens (tertiary/aromatic N) is 3. The van der Waals surface area contributed by atoms with Gasteiger partial charge in [0.1, 0.15) is 11.8 Å². The molecule has 0 saturated carbocycles. The number of hydrogen-bond donors (Lipinski definition) is 1. The molecule has 122 valence electrons. The number of benzene rings is 1. The van der Waals surface area contributed by atoms with Gasteiger partial charge in [0.05, 0.1) is 24.2 Å². The Bertz CT molecular complexity index is 865. The average molecular weight is 357 g/mol. The fourth-order valence-electron chi connectivity index (χ4n) is 2.17. The average Bonchev–Trinajstić information content (AvgIpc) is 3.06. The predicted octanol–water partition coefficient (Wildman–Crippen LogP) is 1.83. The van der Waals surface area contributed by atoms with Gasteiger partial charge in [0.25, 0.3) is 10.0 Å². The Hall–Kier alpha value is -2.26. The Morgan fingerprint density at radius 1 is 1.35 bits per heavy atom. The van der Waals surface area contributed by atoms with E-state index in [4.69, 9.17) is 16.3 Å². The highest BCUT2D eigenvalue weighted by atomic mass is 35.5. The molecule has 0 radical (unpaired) electrons. The van der Waals surface area contributed by atoms with Crippen molar-refractivity contribution in [3.8, 4) is 0 Å². The maximum absolute atomic E-state index is 12.5. The molecule has 1 aliphatic heterocycles. The number of aromatic nitrogens is 2. The van der Waals surface area contributed by atoms with Gasteiger partial charge in [0, 0.05) is 7.05 Å². The SMILES string of the molecule is Cn1cnc(S(=O)(=O)Nc2ccccc2N2CCOC2=O)c1Cl. The van der Waals surface area contributed by atoms with E-state index in [0.717, 1.165) is 0 Å². The van der Waals surface area contributed by atoms with Crippen molar-refractivity contribution < 1.29 is 17.9 Å². The van der Waals surface area contributed by atoms with Crippen LogP contribution >= 0.6 is 11.6 Å². The van der Waals surface area contributed by atoms with Gasteiger partial charge in [0.15, 0.2) is 0 Å². The van der Waals surface area contributed by atoms with Gasteiger partial charge in [0.2, 0.25) is 5.03 Å². The summed E-state index contributed by atoms with van der Waals surface area (Å²) in [5, 5.41) is -0.281. The van der Waals surface area contributed by atoms with Crippen LogP contribution < -0.4 is 9.62 Å². The third kappa shape index (κ3) is 2.84. The number of ether oxygens (including phenoxy) is 1. The number of carbonyl (C=O) groups is 1. The molecule has 1 aromatic carbocycles. The molecule has 0 unspecified atom stereocenters. The number of anilines is 2. The lowest BCUT2D eigenvalue weighted by atomic mass is 10.2. The number of imidazole rings is 1. The van der Waals surface area contributed by atoms with E-state index < -0.39 is 16.1 Å². The van der Waals surface area contributed by atoms with E-state index in [2.05, 4.69) is 9.71 Å². The van der Waals surface area contributed by atoms with E-state index in [1.165, 1.54) is 15.8 Å². The number of hydrogen-bond acceptors (Lipinski definition) is 5. The maximum atomic E-state index is 12.5. The van der Waals surface area contributed by atoms with Crippen molar-refractivity contribution in [2.75, 3.05) is 22.8 Å². The van der Waals surface area contributed by atoms with Gasteiger partial charge in [-0.3, -0.25) is 9.62 Å². The van der Waals surface area contributed by atoms with Gasteiger partial charge < -0.3 is 9.30 Å². The van der Waals surface area contributed by atoms with Crippen molar-refractivity contribution in [3.05, 3.63) is 35.7 Å². The van der Waals surface area contributed by atoms with Gasteiger partial charge >= 0.3 is 6.09 Å². The van der Waals surface area contributed by atoms with Gasteiger partial charge in [-0.2, -0.15) is 8.42 Å². The summed E-state index contributed by atoms with van der Waals surface area (Å²) >= 11 is 5.95. The molecule has 1 fully saturated rings. The molecule has 3 rings (SSSR count). The summed E-state index contributed by atoms with van der Waals surface area (Å²) in [5.74, 6) is 0. The minimum Gasteiger partial charge on any atom is -0.447 e. The molecule has 0 aliphatic carbocycles. The monoisotopic (exact) mass is 356 g/mol. The highest BCUT2D eigenvalue weighted by Gasteiger charge is 2.28. The van der Waals surface area contributed by atoms with Crippen LogP contribution in [0.5, 0.6) is 0 Å². The number of nitrogens with one attached hydrogen (secondary N) is 1.